The molecule has 2 N–H and O–H groups in total. The number of nitrogens with one attached hydrogen (secondary N) is 2. The van der Waals surface area contributed by atoms with Crippen molar-refractivity contribution in [2.24, 2.45) is 0 Å². The van der Waals surface area contributed by atoms with Crippen LogP contribution in [0.1, 0.15) is 55.0 Å². The smallest absolute Gasteiger partial charge is 0.289 e. The van der Waals surface area contributed by atoms with Crippen molar-refractivity contribution in [3.05, 3.63) is 85.5 Å². The number of carbonyl (C=O) groups excluding carboxylic acids is 3. The number of hydrazine groups is 1. The molecule has 0 unspecified atom stereocenters. The van der Waals surface area contributed by atoms with Crippen molar-refractivity contribution in [3.8, 4) is 0 Å². The molecule has 2 aromatic carbocycles. The molecule has 34 heavy (non-hydrogen) atoms. The number of nitrogens with zero attached hydrogens (tertiary/aromatic N) is 2. The summed E-state index contributed by atoms with van der Waals surface area (Å²) in [4.78, 5) is 43.3. The Labute approximate surface area is 208 Å². The fourth-order valence-corrected chi connectivity index (χ4v) is 5.10. The van der Waals surface area contributed by atoms with Crippen LogP contribution in [0.15, 0.2) is 47.8 Å². The zero-order valence-electron chi connectivity index (χ0n) is 17.7. The molecule has 0 spiro atoms. The molecule has 1 saturated heterocycles. The van der Waals surface area contributed by atoms with E-state index in [1.807, 2.05) is 0 Å². The maximum atomic E-state index is 14.1. The summed E-state index contributed by atoms with van der Waals surface area (Å²) >= 11 is 13.3. The number of hydrogen-bond donors (Lipinski definition) is 2. The van der Waals surface area contributed by atoms with Crippen molar-refractivity contribution in [2.45, 2.75) is 18.8 Å². The molecular formula is C23H19Cl2FN4O3S. The Balaban J connectivity index is 1.32. The second-order valence-electron chi connectivity index (χ2n) is 7.62. The normalized spacial score (nSPS) is 14.0. The number of thiazole rings is 1. The largest absolute Gasteiger partial charge is 0.338 e. The maximum Gasteiger partial charge on any atom is 0.289 e. The monoisotopic (exact) mass is 520 g/mol. The predicted molar refractivity (Wildman–Crippen MR) is 128 cm³/mol. The van der Waals surface area contributed by atoms with Crippen molar-refractivity contribution in [1.82, 2.24) is 20.7 Å². The lowest BCUT2D eigenvalue weighted by atomic mass is 9.97. The molecule has 11 heteroatoms. The van der Waals surface area contributed by atoms with Gasteiger partial charge in [-0.2, -0.15) is 0 Å². The minimum absolute atomic E-state index is 0.0596. The van der Waals surface area contributed by atoms with Gasteiger partial charge in [0.1, 0.15) is 11.5 Å². The summed E-state index contributed by atoms with van der Waals surface area (Å²) in [6.45, 7) is 0.840. The highest BCUT2D eigenvalue weighted by Gasteiger charge is 2.29. The number of benzene rings is 2. The van der Waals surface area contributed by atoms with Gasteiger partial charge >= 0.3 is 0 Å². The highest BCUT2D eigenvalue weighted by molar-refractivity contribution is 7.09. The number of likely N-dealkylation sites (tertiary alicyclic amines) is 1. The van der Waals surface area contributed by atoms with Gasteiger partial charge in [-0.25, -0.2) is 9.37 Å². The minimum atomic E-state index is -0.642. The molecule has 1 fully saturated rings. The molecule has 1 aliphatic rings. The van der Waals surface area contributed by atoms with Gasteiger partial charge in [0.15, 0.2) is 0 Å². The van der Waals surface area contributed by atoms with Crippen LogP contribution in [-0.2, 0) is 0 Å². The number of hydrogen-bond acceptors (Lipinski definition) is 5. The van der Waals surface area contributed by atoms with Gasteiger partial charge in [0.05, 0.1) is 26.2 Å². The van der Waals surface area contributed by atoms with Gasteiger partial charge in [0.25, 0.3) is 17.7 Å². The molecule has 0 bridgehead atoms. The zero-order valence-corrected chi connectivity index (χ0v) is 20.0. The van der Waals surface area contributed by atoms with Gasteiger partial charge in [-0.3, -0.25) is 25.2 Å². The van der Waals surface area contributed by atoms with E-state index in [-0.39, 0.29) is 32.8 Å². The maximum absolute atomic E-state index is 14.1. The van der Waals surface area contributed by atoms with Crippen molar-refractivity contribution in [2.75, 3.05) is 13.1 Å². The van der Waals surface area contributed by atoms with E-state index in [4.69, 9.17) is 23.2 Å². The highest BCUT2D eigenvalue weighted by Crippen LogP contribution is 2.32. The van der Waals surface area contributed by atoms with Gasteiger partial charge in [0, 0.05) is 24.4 Å². The number of piperidine rings is 1. The Bertz CT molecular complexity index is 1220. The van der Waals surface area contributed by atoms with Crippen LogP contribution in [0.5, 0.6) is 0 Å². The SMILES string of the molecule is O=C(NNC(=O)c1ccccc1Cl)c1csc(C2CCN(C(=O)c3c(F)cccc3Cl)CC2)n1. The number of carbonyl (C=O) groups is 3. The predicted octanol–water partition coefficient (Wildman–Crippen LogP) is 4.68. The Kier molecular flexibility index (Phi) is 7.45. The molecule has 3 aromatic rings. The first kappa shape index (κ1) is 24.1. The fourth-order valence-electron chi connectivity index (χ4n) is 3.66. The van der Waals surface area contributed by atoms with Crippen LogP contribution in [0.2, 0.25) is 10.0 Å². The summed E-state index contributed by atoms with van der Waals surface area (Å²) in [5.41, 5.74) is 4.96. The molecule has 0 atom stereocenters. The lowest BCUT2D eigenvalue weighted by Gasteiger charge is -2.31. The number of rotatable bonds is 4. The first-order valence-corrected chi connectivity index (χ1v) is 12.0. The van der Waals surface area contributed by atoms with E-state index in [2.05, 4.69) is 15.8 Å². The highest BCUT2D eigenvalue weighted by atomic mass is 35.5. The van der Waals surface area contributed by atoms with Crippen molar-refractivity contribution in [3.63, 3.8) is 0 Å². The van der Waals surface area contributed by atoms with E-state index in [0.29, 0.717) is 25.9 Å². The van der Waals surface area contributed by atoms with Crippen LogP contribution in [0.25, 0.3) is 0 Å². The Morgan fingerprint density at radius 2 is 1.65 bits per heavy atom. The standard InChI is InChI=1S/C23H19Cl2FN4O3S/c24-15-5-2-1-4-14(15)20(31)28-29-21(32)18-12-34-22(27-18)13-8-10-30(11-9-13)23(33)19-16(25)6-3-7-17(19)26/h1-7,12-13H,8-11H2,(H,28,31)(H,29,32). The van der Waals surface area contributed by atoms with Crippen LogP contribution < -0.4 is 10.9 Å². The third-order valence-electron chi connectivity index (χ3n) is 5.47. The molecule has 0 radical (unpaired) electrons. The summed E-state index contributed by atoms with van der Waals surface area (Å²) in [5.74, 6) is -2.11. The molecule has 1 aromatic heterocycles. The van der Waals surface area contributed by atoms with Crippen LogP contribution >= 0.6 is 34.5 Å². The summed E-state index contributed by atoms with van der Waals surface area (Å²) in [5, 5.41) is 2.73. The first-order chi connectivity index (χ1) is 16.3. The second kappa shape index (κ2) is 10.5. The molecule has 0 saturated carbocycles. The second-order valence-corrected chi connectivity index (χ2v) is 9.33. The topological polar surface area (TPSA) is 91.4 Å². The van der Waals surface area contributed by atoms with Crippen LogP contribution in [0.3, 0.4) is 0 Å². The van der Waals surface area contributed by atoms with Crippen LogP contribution in [0, 0.1) is 5.82 Å². The molecule has 176 valence electrons. The van der Waals surface area contributed by atoms with E-state index in [9.17, 15) is 18.8 Å². The Hall–Kier alpha value is -3.01. The third-order valence-corrected chi connectivity index (χ3v) is 7.12. The number of aromatic nitrogens is 1. The third kappa shape index (κ3) is 5.22. The molecule has 7 nitrogen and oxygen atoms in total. The summed E-state index contributed by atoms with van der Waals surface area (Å²) in [6.07, 6.45) is 1.24. The van der Waals surface area contributed by atoms with E-state index in [0.717, 1.165) is 5.01 Å². The Morgan fingerprint density at radius 3 is 2.35 bits per heavy atom. The number of halogens is 3. The van der Waals surface area contributed by atoms with E-state index < -0.39 is 23.5 Å². The average Bonchev–Trinajstić information content (AvgIpc) is 3.33. The summed E-state index contributed by atoms with van der Waals surface area (Å²) < 4.78 is 14.1. The van der Waals surface area contributed by atoms with Gasteiger partial charge in [-0.05, 0) is 37.1 Å². The first-order valence-electron chi connectivity index (χ1n) is 10.4. The quantitative estimate of drug-likeness (QED) is 0.488. The van der Waals surface area contributed by atoms with Gasteiger partial charge < -0.3 is 4.90 Å². The van der Waals surface area contributed by atoms with Crippen molar-refractivity contribution < 1.29 is 18.8 Å². The molecule has 1 aliphatic heterocycles. The van der Waals surface area contributed by atoms with Crippen molar-refractivity contribution >= 4 is 52.3 Å². The van der Waals surface area contributed by atoms with E-state index >= 15 is 0 Å². The molecule has 2 heterocycles. The van der Waals surface area contributed by atoms with E-state index in [1.165, 1.54) is 29.5 Å². The van der Waals surface area contributed by atoms with Gasteiger partial charge in [-0.15, -0.1) is 11.3 Å². The lowest BCUT2D eigenvalue weighted by Crippen LogP contribution is -2.42. The molecule has 4 rings (SSSR count). The molecular weight excluding hydrogens is 502 g/mol. The summed E-state index contributed by atoms with van der Waals surface area (Å²) in [7, 11) is 0. The molecule has 3 amide bonds. The van der Waals surface area contributed by atoms with Crippen molar-refractivity contribution in [1.29, 1.82) is 0 Å². The number of amides is 3. The lowest BCUT2D eigenvalue weighted by molar-refractivity contribution is 0.0708. The average molecular weight is 521 g/mol. The van der Waals surface area contributed by atoms with Crippen LogP contribution in [0.4, 0.5) is 4.39 Å². The van der Waals surface area contributed by atoms with E-state index in [1.54, 1.807) is 34.5 Å². The summed E-state index contributed by atoms with van der Waals surface area (Å²) in [6, 6.07) is 10.6. The Morgan fingerprint density at radius 1 is 0.971 bits per heavy atom. The van der Waals surface area contributed by atoms with Gasteiger partial charge in [0.2, 0.25) is 0 Å². The molecule has 0 aliphatic carbocycles. The zero-order chi connectivity index (χ0) is 24.2. The van der Waals surface area contributed by atoms with Gasteiger partial charge in [-0.1, -0.05) is 41.4 Å². The minimum Gasteiger partial charge on any atom is -0.338 e. The fraction of sp³-hybridized carbons (Fsp3) is 0.217. The van der Waals surface area contributed by atoms with Crippen LogP contribution in [-0.4, -0.2) is 40.7 Å².